The molecule has 0 aliphatic heterocycles. The molecule has 0 aliphatic rings. The Kier molecular flexibility index (Phi) is 6.49. The van der Waals surface area contributed by atoms with Crippen LogP contribution in [0.5, 0.6) is 0 Å². The molecule has 116 valence electrons. The maximum atomic E-state index is 11.9. The molecule has 1 rings (SSSR count). The third-order valence-electron chi connectivity index (χ3n) is 3.46. The van der Waals surface area contributed by atoms with Crippen LogP contribution >= 0.6 is 11.6 Å². The number of carboxylic acids is 1. The number of aliphatic carboxylic acids is 1. The molecule has 0 aliphatic carbocycles. The van der Waals surface area contributed by atoms with Crippen LogP contribution in [-0.2, 0) is 4.79 Å². The van der Waals surface area contributed by atoms with E-state index in [4.69, 9.17) is 16.7 Å². The Balaban J connectivity index is 2.65. The Labute approximate surface area is 129 Å². The summed E-state index contributed by atoms with van der Waals surface area (Å²) in [6.07, 6.45) is 0.668. The van der Waals surface area contributed by atoms with E-state index in [1.54, 1.807) is 25.1 Å². The Bertz CT molecular complexity index is 507. The van der Waals surface area contributed by atoms with Crippen LogP contribution in [0.15, 0.2) is 24.3 Å². The number of hydrogen-bond acceptors (Lipinski definition) is 2. The summed E-state index contributed by atoms with van der Waals surface area (Å²) in [4.78, 5) is 23.1. The SMILES string of the molecule is CCC(C)C(NC(=O)NC(C)c1cccc(Cl)c1)C(=O)O. The first kappa shape index (κ1) is 17.3. The molecule has 3 unspecified atom stereocenters. The van der Waals surface area contributed by atoms with Crippen LogP contribution in [0.2, 0.25) is 5.02 Å². The fourth-order valence-electron chi connectivity index (χ4n) is 1.92. The second kappa shape index (κ2) is 7.88. The molecule has 0 spiro atoms. The summed E-state index contributed by atoms with van der Waals surface area (Å²) in [5.41, 5.74) is 0.855. The molecule has 5 nitrogen and oxygen atoms in total. The van der Waals surface area contributed by atoms with Gasteiger partial charge in [-0.05, 0) is 30.5 Å². The first-order valence-electron chi connectivity index (χ1n) is 6.90. The minimum atomic E-state index is -1.03. The number of nitrogens with one attached hydrogen (secondary N) is 2. The van der Waals surface area contributed by atoms with Gasteiger partial charge in [0.1, 0.15) is 6.04 Å². The average Bonchev–Trinajstić information content (AvgIpc) is 2.43. The lowest BCUT2D eigenvalue weighted by Gasteiger charge is -2.22. The molecular weight excluding hydrogens is 292 g/mol. The van der Waals surface area contributed by atoms with Crippen LogP contribution < -0.4 is 10.6 Å². The Morgan fingerprint density at radius 3 is 2.48 bits per heavy atom. The molecule has 21 heavy (non-hydrogen) atoms. The highest BCUT2D eigenvalue weighted by Crippen LogP contribution is 2.17. The number of benzene rings is 1. The van der Waals surface area contributed by atoms with Gasteiger partial charge in [-0.15, -0.1) is 0 Å². The van der Waals surface area contributed by atoms with Gasteiger partial charge in [-0.25, -0.2) is 9.59 Å². The molecule has 1 aromatic rings. The van der Waals surface area contributed by atoms with Crippen molar-refractivity contribution < 1.29 is 14.7 Å². The quantitative estimate of drug-likeness (QED) is 0.754. The predicted octanol–water partition coefficient (Wildman–Crippen LogP) is 3.20. The number of carboxylic acid groups (broad SMARTS) is 1. The second-order valence-electron chi connectivity index (χ2n) is 5.10. The number of urea groups is 1. The standard InChI is InChI=1S/C15H21ClN2O3/c1-4-9(2)13(14(19)20)18-15(21)17-10(3)11-6-5-7-12(16)8-11/h5-10,13H,4H2,1-3H3,(H,19,20)(H2,17,18,21). The van der Waals surface area contributed by atoms with E-state index in [0.29, 0.717) is 11.4 Å². The molecule has 3 atom stereocenters. The van der Waals surface area contributed by atoms with Gasteiger partial charge in [-0.1, -0.05) is 44.0 Å². The van der Waals surface area contributed by atoms with Gasteiger partial charge < -0.3 is 15.7 Å². The number of halogens is 1. The molecule has 0 radical (unpaired) electrons. The lowest BCUT2D eigenvalue weighted by Crippen LogP contribution is -2.49. The Morgan fingerprint density at radius 1 is 1.29 bits per heavy atom. The normalized spacial score (nSPS) is 14.9. The van der Waals surface area contributed by atoms with E-state index >= 15 is 0 Å². The Morgan fingerprint density at radius 2 is 1.95 bits per heavy atom. The van der Waals surface area contributed by atoms with E-state index in [-0.39, 0.29) is 12.0 Å². The van der Waals surface area contributed by atoms with Crippen LogP contribution in [0.1, 0.15) is 38.8 Å². The van der Waals surface area contributed by atoms with Gasteiger partial charge in [0.05, 0.1) is 6.04 Å². The summed E-state index contributed by atoms with van der Waals surface area (Å²) in [6.45, 7) is 5.48. The molecule has 3 N–H and O–H groups in total. The van der Waals surface area contributed by atoms with Gasteiger partial charge >= 0.3 is 12.0 Å². The lowest BCUT2D eigenvalue weighted by atomic mass is 9.99. The van der Waals surface area contributed by atoms with Crippen molar-refractivity contribution in [3.8, 4) is 0 Å². The third kappa shape index (κ3) is 5.27. The van der Waals surface area contributed by atoms with Crippen molar-refractivity contribution in [1.29, 1.82) is 0 Å². The summed E-state index contributed by atoms with van der Waals surface area (Å²) in [7, 11) is 0. The predicted molar refractivity (Wildman–Crippen MR) is 82.4 cm³/mol. The molecule has 1 aromatic carbocycles. The van der Waals surface area contributed by atoms with Crippen LogP contribution in [0.25, 0.3) is 0 Å². The monoisotopic (exact) mass is 312 g/mol. The van der Waals surface area contributed by atoms with Gasteiger partial charge in [-0.3, -0.25) is 0 Å². The zero-order chi connectivity index (χ0) is 16.0. The molecule has 2 amide bonds. The van der Waals surface area contributed by atoms with E-state index in [9.17, 15) is 9.59 Å². The van der Waals surface area contributed by atoms with Gasteiger partial charge in [0, 0.05) is 5.02 Å². The topological polar surface area (TPSA) is 78.4 Å². The maximum absolute atomic E-state index is 11.9. The van der Waals surface area contributed by atoms with Crippen molar-refractivity contribution in [2.24, 2.45) is 5.92 Å². The minimum Gasteiger partial charge on any atom is -0.480 e. The summed E-state index contributed by atoms with van der Waals surface area (Å²) < 4.78 is 0. The summed E-state index contributed by atoms with van der Waals surface area (Å²) >= 11 is 5.91. The van der Waals surface area contributed by atoms with Gasteiger partial charge in [0.2, 0.25) is 0 Å². The number of carbonyl (C=O) groups excluding carboxylic acids is 1. The average molecular weight is 313 g/mol. The van der Waals surface area contributed by atoms with Crippen molar-refractivity contribution in [2.45, 2.75) is 39.3 Å². The molecule has 6 heteroatoms. The van der Waals surface area contributed by atoms with Crippen molar-refractivity contribution in [3.05, 3.63) is 34.9 Å². The highest BCUT2D eigenvalue weighted by atomic mass is 35.5. The van der Waals surface area contributed by atoms with Crippen molar-refractivity contribution in [2.75, 3.05) is 0 Å². The smallest absolute Gasteiger partial charge is 0.326 e. The first-order chi connectivity index (χ1) is 9.85. The summed E-state index contributed by atoms with van der Waals surface area (Å²) in [6, 6.07) is 5.48. The lowest BCUT2D eigenvalue weighted by molar-refractivity contribution is -0.140. The molecular formula is C15H21ClN2O3. The van der Waals surface area contributed by atoms with Crippen molar-refractivity contribution in [3.63, 3.8) is 0 Å². The molecule has 0 saturated carbocycles. The number of amides is 2. The van der Waals surface area contributed by atoms with Crippen LogP contribution in [-0.4, -0.2) is 23.1 Å². The summed E-state index contributed by atoms with van der Waals surface area (Å²) in [5.74, 6) is -1.18. The minimum absolute atomic E-state index is 0.144. The maximum Gasteiger partial charge on any atom is 0.326 e. The highest BCUT2D eigenvalue weighted by Gasteiger charge is 2.25. The largest absolute Gasteiger partial charge is 0.480 e. The number of carbonyl (C=O) groups is 2. The third-order valence-corrected chi connectivity index (χ3v) is 3.70. The Hall–Kier alpha value is -1.75. The van der Waals surface area contributed by atoms with E-state index in [1.807, 2.05) is 19.9 Å². The van der Waals surface area contributed by atoms with Gasteiger partial charge in [0.15, 0.2) is 0 Å². The second-order valence-corrected chi connectivity index (χ2v) is 5.53. The zero-order valence-corrected chi connectivity index (χ0v) is 13.1. The zero-order valence-electron chi connectivity index (χ0n) is 12.4. The van der Waals surface area contributed by atoms with E-state index < -0.39 is 18.0 Å². The number of hydrogen-bond donors (Lipinski definition) is 3. The van der Waals surface area contributed by atoms with E-state index in [2.05, 4.69) is 10.6 Å². The van der Waals surface area contributed by atoms with Gasteiger partial charge in [-0.2, -0.15) is 0 Å². The highest BCUT2D eigenvalue weighted by molar-refractivity contribution is 6.30. The van der Waals surface area contributed by atoms with E-state index in [1.165, 1.54) is 0 Å². The molecule has 0 fully saturated rings. The van der Waals surface area contributed by atoms with Crippen LogP contribution in [0.4, 0.5) is 4.79 Å². The number of rotatable bonds is 6. The van der Waals surface area contributed by atoms with Crippen molar-refractivity contribution >= 4 is 23.6 Å². The first-order valence-corrected chi connectivity index (χ1v) is 7.28. The molecule has 0 aromatic heterocycles. The molecule has 0 saturated heterocycles. The fraction of sp³-hybridized carbons (Fsp3) is 0.467. The van der Waals surface area contributed by atoms with Crippen LogP contribution in [0.3, 0.4) is 0 Å². The fourth-order valence-corrected chi connectivity index (χ4v) is 2.12. The van der Waals surface area contributed by atoms with Crippen LogP contribution in [0, 0.1) is 5.92 Å². The molecule has 0 bridgehead atoms. The molecule has 0 heterocycles. The van der Waals surface area contributed by atoms with Crippen molar-refractivity contribution in [1.82, 2.24) is 10.6 Å². The van der Waals surface area contributed by atoms with Gasteiger partial charge in [0.25, 0.3) is 0 Å². The summed E-state index contributed by atoms with van der Waals surface area (Å²) in [5, 5.41) is 15.0. The van der Waals surface area contributed by atoms with E-state index in [0.717, 1.165) is 5.56 Å².